The molecule has 0 unspecified atom stereocenters. The minimum atomic E-state index is -0.152. The monoisotopic (exact) mass is 297 g/mol. The Labute approximate surface area is 124 Å². The summed E-state index contributed by atoms with van der Waals surface area (Å²) in [6, 6.07) is 0. The third-order valence-electron chi connectivity index (χ3n) is 4.00. The molecule has 0 aliphatic carbocycles. The zero-order valence-electron chi connectivity index (χ0n) is 12.4. The molecule has 0 aromatic carbocycles. The number of anilines is 2. The molecule has 1 aromatic rings. The molecule has 2 heterocycles. The van der Waals surface area contributed by atoms with Crippen molar-refractivity contribution in [1.29, 1.82) is 0 Å². The maximum atomic E-state index is 11.8. The molecule has 6 heteroatoms. The number of nitrogen functional groups attached to an aromatic ring is 1. The maximum absolute atomic E-state index is 11.8. The second kappa shape index (κ2) is 6.35. The fourth-order valence-corrected chi connectivity index (χ4v) is 3.84. The van der Waals surface area contributed by atoms with E-state index >= 15 is 0 Å². The van der Waals surface area contributed by atoms with Crippen molar-refractivity contribution in [2.45, 2.75) is 26.2 Å². The number of nitrogens with zero attached hydrogens (tertiary/aromatic N) is 1. The van der Waals surface area contributed by atoms with Gasteiger partial charge in [0.15, 0.2) is 5.75 Å². The Morgan fingerprint density at radius 2 is 2.15 bits per heavy atom. The van der Waals surface area contributed by atoms with Gasteiger partial charge in [0, 0.05) is 20.1 Å². The predicted molar refractivity (Wildman–Crippen MR) is 83.9 cm³/mol. The van der Waals surface area contributed by atoms with Gasteiger partial charge < -0.3 is 20.7 Å². The molecular formula is C14H23N3O2S. The molecule has 0 atom stereocenters. The number of methoxy groups -OCH3 is 1. The van der Waals surface area contributed by atoms with Crippen molar-refractivity contribution in [1.82, 2.24) is 5.32 Å². The van der Waals surface area contributed by atoms with Crippen LogP contribution in [0.15, 0.2) is 0 Å². The van der Waals surface area contributed by atoms with E-state index in [1.807, 2.05) is 0 Å². The van der Waals surface area contributed by atoms with Gasteiger partial charge in [0.25, 0.3) is 5.91 Å². The van der Waals surface area contributed by atoms with Crippen LogP contribution in [-0.4, -0.2) is 33.2 Å². The number of hydrogen-bond donors (Lipinski definition) is 2. The first-order valence-electron chi connectivity index (χ1n) is 7.05. The molecule has 3 N–H and O–H groups in total. The summed E-state index contributed by atoms with van der Waals surface area (Å²) >= 11 is 1.42. The van der Waals surface area contributed by atoms with E-state index in [9.17, 15) is 4.79 Å². The van der Waals surface area contributed by atoms with E-state index in [0.717, 1.165) is 24.0 Å². The molecule has 0 radical (unpaired) electrons. The highest BCUT2D eigenvalue weighted by Gasteiger charge is 2.27. The largest absolute Gasteiger partial charge is 0.492 e. The number of rotatable bonds is 4. The minimum Gasteiger partial charge on any atom is -0.492 e. The van der Waals surface area contributed by atoms with Crippen molar-refractivity contribution in [2.75, 3.05) is 37.9 Å². The molecular weight excluding hydrogens is 274 g/mol. The summed E-state index contributed by atoms with van der Waals surface area (Å²) in [6.45, 7) is 4.25. The lowest BCUT2D eigenvalue weighted by Crippen LogP contribution is -2.33. The van der Waals surface area contributed by atoms with Gasteiger partial charge >= 0.3 is 0 Å². The van der Waals surface area contributed by atoms with Gasteiger partial charge in [0.05, 0.1) is 7.11 Å². The molecule has 5 nitrogen and oxygen atoms in total. The minimum absolute atomic E-state index is 0.152. The number of ether oxygens (including phenoxy) is 1. The number of hydrogen-bond acceptors (Lipinski definition) is 5. The van der Waals surface area contributed by atoms with Crippen LogP contribution in [0.2, 0.25) is 0 Å². The first kappa shape index (κ1) is 15.0. The topological polar surface area (TPSA) is 67.6 Å². The lowest BCUT2D eigenvalue weighted by Gasteiger charge is -2.32. The van der Waals surface area contributed by atoms with Gasteiger partial charge in [-0.1, -0.05) is 13.3 Å². The van der Waals surface area contributed by atoms with E-state index in [2.05, 4.69) is 17.1 Å². The smallest absolute Gasteiger partial charge is 0.263 e. The third kappa shape index (κ3) is 2.70. The van der Waals surface area contributed by atoms with Gasteiger partial charge in [0.2, 0.25) is 0 Å². The van der Waals surface area contributed by atoms with E-state index < -0.39 is 0 Å². The van der Waals surface area contributed by atoms with Gasteiger partial charge in [-0.3, -0.25) is 4.79 Å². The first-order chi connectivity index (χ1) is 9.62. The SMILES string of the molecule is CCC1CCN(c2sc(C(=O)NC)c(N)c2OC)CC1. The van der Waals surface area contributed by atoms with Gasteiger partial charge in [-0.15, -0.1) is 11.3 Å². The van der Waals surface area contributed by atoms with Crippen molar-refractivity contribution in [3.63, 3.8) is 0 Å². The second-order valence-electron chi connectivity index (χ2n) is 5.10. The van der Waals surface area contributed by atoms with Crippen LogP contribution in [0.1, 0.15) is 35.9 Å². The summed E-state index contributed by atoms with van der Waals surface area (Å²) in [5.41, 5.74) is 6.50. The summed E-state index contributed by atoms with van der Waals surface area (Å²) in [7, 11) is 3.22. The van der Waals surface area contributed by atoms with Crippen molar-refractivity contribution < 1.29 is 9.53 Å². The molecule has 1 saturated heterocycles. The van der Waals surface area contributed by atoms with Gasteiger partial charge in [0.1, 0.15) is 15.6 Å². The number of piperidine rings is 1. The zero-order valence-corrected chi connectivity index (χ0v) is 13.2. The number of nitrogens with two attached hydrogens (primary N) is 1. The molecule has 0 saturated carbocycles. The molecule has 1 aromatic heterocycles. The molecule has 2 rings (SSSR count). The summed E-state index contributed by atoms with van der Waals surface area (Å²) in [5, 5.41) is 3.61. The van der Waals surface area contributed by atoms with E-state index in [0.29, 0.717) is 16.3 Å². The first-order valence-corrected chi connectivity index (χ1v) is 7.87. The molecule has 112 valence electrons. The van der Waals surface area contributed by atoms with Crippen LogP contribution in [0.5, 0.6) is 5.75 Å². The standard InChI is InChI=1S/C14H23N3O2S/c1-4-9-5-7-17(8-6-9)14-11(19-3)10(15)12(20-14)13(18)16-2/h9H,4-8,15H2,1-3H3,(H,16,18). The second-order valence-corrected chi connectivity index (χ2v) is 6.10. The Kier molecular flexibility index (Phi) is 4.75. The zero-order chi connectivity index (χ0) is 14.7. The molecule has 1 aliphatic heterocycles. The molecule has 1 fully saturated rings. The predicted octanol–water partition coefficient (Wildman–Crippen LogP) is 2.32. The molecule has 1 aliphatic rings. The van der Waals surface area contributed by atoms with E-state index in [4.69, 9.17) is 10.5 Å². The number of carbonyl (C=O) groups is 1. The van der Waals surface area contributed by atoms with Crippen molar-refractivity contribution in [2.24, 2.45) is 5.92 Å². The van der Waals surface area contributed by atoms with Crippen LogP contribution in [0, 0.1) is 5.92 Å². The Balaban J connectivity index is 2.25. The van der Waals surface area contributed by atoms with E-state index in [-0.39, 0.29) is 5.91 Å². The van der Waals surface area contributed by atoms with Gasteiger partial charge in [-0.25, -0.2) is 0 Å². The van der Waals surface area contributed by atoms with Crippen molar-refractivity contribution >= 4 is 27.9 Å². The summed E-state index contributed by atoms with van der Waals surface area (Å²) < 4.78 is 5.42. The summed E-state index contributed by atoms with van der Waals surface area (Å²) in [6.07, 6.45) is 3.61. The number of amides is 1. The fraction of sp³-hybridized carbons (Fsp3) is 0.643. The Morgan fingerprint density at radius 1 is 1.50 bits per heavy atom. The number of carbonyl (C=O) groups excluding carboxylic acids is 1. The Bertz CT molecular complexity index is 479. The molecule has 0 spiro atoms. The van der Waals surface area contributed by atoms with E-state index in [1.54, 1.807) is 14.2 Å². The van der Waals surface area contributed by atoms with E-state index in [1.165, 1.54) is 30.6 Å². The van der Waals surface area contributed by atoms with Gasteiger partial charge in [-0.05, 0) is 18.8 Å². The third-order valence-corrected chi connectivity index (χ3v) is 5.25. The van der Waals surface area contributed by atoms with Crippen LogP contribution >= 0.6 is 11.3 Å². The fourth-order valence-electron chi connectivity index (χ4n) is 2.65. The number of thiophene rings is 1. The van der Waals surface area contributed by atoms with Crippen LogP contribution in [-0.2, 0) is 0 Å². The quantitative estimate of drug-likeness (QED) is 0.895. The van der Waals surface area contributed by atoms with Crippen LogP contribution in [0.4, 0.5) is 10.7 Å². The molecule has 0 bridgehead atoms. The molecule has 20 heavy (non-hydrogen) atoms. The normalized spacial score (nSPS) is 16.2. The molecule has 1 amide bonds. The lowest BCUT2D eigenvalue weighted by atomic mass is 9.94. The average Bonchev–Trinajstić information content (AvgIpc) is 2.83. The Morgan fingerprint density at radius 3 is 2.65 bits per heavy atom. The Hall–Kier alpha value is -1.43. The highest BCUT2D eigenvalue weighted by molar-refractivity contribution is 7.19. The highest BCUT2D eigenvalue weighted by atomic mass is 32.1. The van der Waals surface area contributed by atoms with Crippen LogP contribution in [0.3, 0.4) is 0 Å². The van der Waals surface area contributed by atoms with Gasteiger partial charge in [-0.2, -0.15) is 0 Å². The lowest BCUT2D eigenvalue weighted by molar-refractivity contribution is 0.0967. The highest BCUT2D eigenvalue weighted by Crippen LogP contribution is 2.45. The van der Waals surface area contributed by atoms with Crippen LogP contribution < -0.4 is 20.7 Å². The van der Waals surface area contributed by atoms with Crippen LogP contribution in [0.25, 0.3) is 0 Å². The maximum Gasteiger partial charge on any atom is 0.263 e. The van der Waals surface area contributed by atoms with Crippen molar-refractivity contribution in [3.05, 3.63) is 4.88 Å². The average molecular weight is 297 g/mol. The number of nitrogens with one attached hydrogen (secondary N) is 1. The van der Waals surface area contributed by atoms with Crippen molar-refractivity contribution in [3.8, 4) is 5.75 Å². The summed E-state index contributed by atoms with van der Waals surface area (Å²) in [5.74, 6) is 1.30. The summed E-state index contributed by atoms with van der Waals surface area (Å²) in [4.78, 5) is 14.7.